The van der Waals surface area contributed by atoms with Crippen LogP contribution in [-0.4, -0.2) is 42.7 Å². The SMILES string of the molecule is C=CC[C@@]12C(=CC(=O)c3ccccc31)O[C@@H]([C@H]1COC(C)(C)O1)N2OC. The Morgan fingerprint density at radius 2 is 2.15 bits per heavy atom. The minimum absolute atomic E-state index is 0.0732. The molecule has 0 amide bonds. The second-order valence-electron chi connectivity index (χ2n) is 7.16. The van der Waals surface area contributed by atoms with Crippen molar-refractivity contribution in [2.45, 2.75) is 43.9 Å². The van der Waals surface area contributed by atoms with Gasteiger partial charge < -0.3 is 14.2 Å². The van der Waals surface area contributed by atoms with E-state index >= 15 is 0 Å². The van der Waals surface area contributed by atoms with E-state index in [-0.39, 0.29) is 11.9 Å². The van der Waals surface area contributed by atoms with Gasteiger partial charge in [-0.25, -0.2) is 0 Å². The molecule has 1 aromatic rings. The Morgan fingerprint density at radius 3 is 2.81 bits per heavy atom. The third kappa shape index (κ3) is 2.37. The van der Waals surface area contributed by atoms with E-state index in [1.54, 1.807) is 18.2 Å². The van der Waals surface area contributed by atoms with Crippen molar-refractivity contribution in [3.63, 3.8) is 0 Å². The Morgan fingerprint density at radius 1 is 1.38 bits per heavy atom. The topological polar surface area (TPSA) is 57.2 Å². The van der Waals surface area contributed by atoms with Gasteiger partial charge >= 0.3 is 0 Å². The van der Waals surface area contributed by atoms with Gasteiger partial charge in [-0.05, 0) is 25.8 Å². The molecule has 0 bridgehead atoms. The predicted molar refractivity (Wildman–Crippen MR) is 94.0 cm³/mol. The molecule has 0 aromatic heterocycles. The third-order valence-electron chi connectivity index (χ3n) is 5.15. The molecule has 6 nitrogen and oxygen atoms in total. The van der Waals surface area contributed by atoms with E-state index in [0.29, 0.717) is 24.4 Å². The number of fused-ring (bicyclic) bond motifs is 3. The lowest BCUT2D eigenvalue weighted by molar-refractivity contribution is -0.257. The van der Waals surface area contributed by atoms with Crippen LogP contribution >= 0.6 is 0 Å². The monoisotopic (exact) mass is 357 g/mol. The number of carbonyl (C=O) groups is 1. The van der Waals surface area contributed by atoms with Gasteiger partial charge in [0.1, 0.15) is 17.4 Å². The van der Waals surface area contributed by atoms with Crippen molar-refractivity contribution in [2.75, 3.05) is 13.7 Å². The van der Waals surface area contributed by atoms with Crippen molar-refractivity contribution >= 4 is 5.78 Å². The molecule has 2 aliphatic heterocycles. The van der Waals surface area contributed by atoms with Gasteiger partial charge in [-0.2, -0.15) is 0 Å². The summed E-state index contributed by atoms with van der Waals surface area (Å²) in [5.41, 5.74) is 0.750. The van der Waals surface area contributed by atoms with Gasteiger partial charge in [0, 0.05) is 11.6 Å². The molecule has 1 aromatic carbocycles. The van der Waals surface area contributed by atoms with Crippen LogP contribution in [0.4, 0.5) is 0 Å². The van der Waals surface area contributed by atoms with Crippen LogP contribution < -0.4 is 0 Å². The van der Waals surface area contributed by atoms with Crippen LogP contribution in [0.5, 0.6) is 0 Å². The first kappa shape index (κ1) is 17.4. The fourth-order valence-electron chi connectivity index (χ4n) is 4.11. The van der Waals surface area contributed by atoms with Gasteiger partial charge in [-0.3, -0.25) is 9.63 Å². The number of nitrogens with zero attached hydrogens (tertiary/aromatic N) is 1. The summed E-state index contributed by atoms with van der Waals surface area (Å²) < 4.78 is 17.9. The van der Waals surface area contributed by atoms with Crippen molar-refractivity contribution in [1.29, 1.82) is 0 Å². The van der Waals surface area contributed by atoms with Crippen LogP contribution in [0.25, 0.3) is 0 Å². The average molecular weight is 357 g/mol. The summed E-state index contributed by atoms with van der Waals surface area (Å²) in [6, 6.07) is 7.55. The van der Waals surface area contributed by atoms with E-state index in [1.807, 2.05) is 44.2 Å². The summed E-state index contributed by atoms with van der Waals surface area (Å²) in [6.45, 7) is 8.02. The van der Waals surface area contributed by atoms with Crippen molar-refractivity contribution < 1.29 is 23.8 Å². The number of benzene rings is 1. The molecular formula is C20H23NO5. The minimum Gasteiger partial charge on any atom is -0.472 e. The number of hydrogen-bond acceptors (Lipinski definition) is 6. The van der Waals surface area contributed by atoms with Crippen LogP contribution in [0.15, 0.2) is 48.8 Å². The number of carbonyl (C=O) groups excluding carboxylic acids is 1. The molecule has 26 heavy (non-hydrogen) atoms. The lowest BCUT2D eigenvalue weighted by atomic mass is 9.77. The largest absolute Gasteiger partial charge is 0.472 e. The predicted octanol–water partition coefficient (Wildman–Crippen LogP) is 2.91. The summed E-state index contributed by atoms with van der Waals surface area (Å²) in [6.07, 6.45) is 3.02. The van der Waals surface area contributed by atoms with Crippen molar-refractivity contribution in [1.82, 2.24) is 5.06 Å². The van der Waals surface area contributed by atoms with E-state index < -0.39 is 17.6 Å². The first-order chi connectivity index (χ1) is 12.4. The van der Waals surface area contributed by atoms with Crippen LogP contribution in [-0.2, 0) is 24.6 Å². The Hall–Kier alpha value is -1.99. The zero-order chi connectivity index (χ0) is 18.5. The van der Waals surface area contributed by atoms with E-state index in [4.69, 9.17) is 19.0 Å². The van der Waals surface area contributed by atoms with Gasteiger partial charge in [0.15, 0.2) is 11.6 Å². The summed E-state index contributed by atoms with van der Waals surface area (Å²) >= 11 is 0. The molecular weight excluding hydrogens is 334 g/mol. The summed E-state index contributed by atoms with van der Waals surface area (Å²) in [5.74, 6) is -0.202. The van der Waals surface area contributed by atoms with Crippen LogP contribution in [0.1, 0.15) is 36.2 Å². The molecule has 2 fully saturated rings. The van der Waals surface area contributed by atoms with E-state index in [0.717, 1.165) is 5.56 Å². The molecule has 0 saturated carbocycles. The molecule has 0 N–H and O–H groups in total. The summed E-state index contributed by atoms with van der Waals surface area (Å²) in [7, 11) is 1.60. The van der Waals surface area contributed by atoms with Crippen molar-refractivity contribution in [2.24, 2.45) is 0 Å². The van der Waals surface area contributed by atoms with Crippen LogP contribution in [0.3, 0.4) is 0 Å². The third-order valence-corrected chi connectivity index (χ3v) is 5.15. The Kier molecular flexibility index (Phi) is 4.04. The molecule has 4 rings (SSSR count). The quantitative estimate of drug-likeness (QED) is 0.773. The molecule has 2 saturated heterocycles. The first-order valence-electron chi connectivity index (χ1n) is 8.72. The highest BCUT2D eigenvalue weighted by molar-refractivity contribution is 6.08. The van der Waals surface area contributed by atoms with Gasteiger partial charge in [0.25, 0.3) is 0 Å². The Bertz CT molecular complexity index is 786. The fourth-order valence-corrected chi connectivity index (χ4v) is 4.11. The van der Waals surface area contributed by atoms with E-state index in [1.165, 1.54) is 0 Å². The second kappa shape index (κ2) is 6.03. The highest BCUT2D eigenvalue weighted by atomic mass is 16.8. The smallest absolute Gasteiger partial charge is 0.203 e. The van der Waals surface area contributed by atoms with E-state index in [9.17, 15) is 4.79 Å². The number of allylic oxidation sites excluding steroid dienone is 1. The molecule has 0 unspecified atom stereocenters. The second-order valence-corrected chi connectivity index (χ2v) is 7.16. The summed E-state index contributed by atoms with van der Waals surface area (Å²) in [4.78, 5) is 18.4. The summed E-state index contributed by atoms with van der Waals surface area (Å²) in [5, 5.41) is 1.78. The lowest BCUT2D eigenvalue weighted by Crippen LogP contribution is -2.50. The number of ketones is 1. The standard InChI is InChI=1S/C20H23NO5/c1-5-10-20-14-9-7-6-8-13(14)15(22)11-17(20)25-18(21(20)23-4)16-12-24-19(2,3)26-16/h5-9,11,16,18H,1,10,12H2,2-4H3/t16-,18+,20+/m1/s1. The molecule has 2 heterocycles. The Balaban J connectivity index is 1.83. The maximum atomic E-state index is 12.6. The number of hydroxylamine groups is 2. The molecule has 1 aliphatic carbocycles. The molecule has 3 atom stereocenters. The normalized spacial score (nSPS) is 32.6. The highest BCUT2D eigenvalue weighted by Gasteiger charge is 2.60. The van der Waals surface area contributed by atoms with Gasteiger partial charge in [0.2, 0.25) is 6.23 Å². The zero-order valence-corrected chi connectivity index (χ0v) is 15.2. The highest BCUT2D eigenvalue weighted by Crippen LogP contribution is 2.52. The maximum Gasteiger partial charge on any atom is 0.203 e. The number of rotatable bonds is 4. The fraction of sp³-hybridized carbons (Fsp3) is 0.450. The van der Waals surface area contributed by atoms with Crippen LogP contribution in [0, 0.1) is 0 Å². The maximum absolute atomic E-state index is 12.6. The van der Waals surface area contributed by atoms with Gasteiger partial charge in [-0.1, -0.05) is 30.3 Å². The number of hydrogen-bond donors (Lipinski definition) is 0. The lowest BCUT2D eigenvalue weighted by Gasteiger charge is -2.39. The van der Waals surface area contributed by atoms with Crippen LogP contribution in [0.2, 0.25) is 0 Å². The average Bonchev–Trinajstić information content (AvgIpc) is 3.13. The molecule has 0 radical (unpaired) electrons. The molecule has 6 heteroatoms. The van der Waals surface area contributed by atoms with Gasteiger partial charge in [-0.15, -0.1) is 11.6 Å². The van der Waals surface area contributed by atoms with Gasteiger partial charge in [0.05, 0.1) is 13.7 Å². The molecule has 0 spiro atoms. The molecule has 138 valence electrons. The van der Waals surface area contributed by atoms with E-state index in [2.05, 4.69) is 6.58 Å². The molecule has 3 aliphatic rings. The van der Waals surface area contributed by atoms with Crippen molar-refractivity contribution in [3.05, 3.63) is 59.9 Å². The Labute approximate surface area is 152 Å². The first-order valence-corrected chi connectivity index (χ1v) is 8.72. The van der Waals surface area contributed by atoms with Crippen molar-refractivity contribution in [3.8, 4) is 0 Å². The number of ether oxygens (including phenoxy) is 3. The minimum atomic E-state index is -0.748. The zero-order valence-electron chi connectivity index (χ0n) is 15.2.